The van der Waals surface area contributed by atoms with Crippen molar-refractivity contribution in [3.05, 3.63) is 0 Å². The number of nitrogens with one attached hydrogen (secondary N) is 1. The number of hydrogen-bond donors (Lipinski definition) is 2. The maximum absolute atomic E-state index is 5.44. The van der Waals surface area contributed by atoms with Crippen LogP contribution in [-0.2, 0) is 0 Å². The lowest BCUT2D eigenvalue weighted by atomic mass is 10.0. The normalized spacial score (nSPS) is 12.6. The predicted octanol–water partition coefficient (Wildman–Crippen LogP) is -0.581. The molecular weight excluding hydrogens is 190 g/mol. The van der Waals surface area contributed by atoms with E-state index < -0.39 is 0 Å². The second-order valence-corrected chi connectivity index (χ2v) is 5.55. The Balaban J connectivity index is 3.77. The maximum Gasteiger partial charge on any atom is 0.0274 e. The minimum absolute atomic E-state index is 0.242. The molecule has 86 valence electrons. The Morgan fingerprint density at radius 3 is 2.57 bits per heavy atom. The van der Waals surface area contributed by atoms with Crippen molar-refractivity contribution in [1.29, 1.82) is 0 Å². The molecule has 0 unspecified atom stereocenters. The van der Waals surface area contributed by atoms with Gasteiger partial charge in [-0.25, -0.2) is 0 Å². The Morgan fingerprint density at radius 2 is 2.07 bits per heavy atom. The van der Waals surface area contributed by atoms with E-state index in [4.69, 9.17) is 5.73 Å². The first-order chi connectivity index (χ1) is 6.54. The van der Waals surface area contributed by atoms with Gasteiger partial charge in [0.05, 0.1) is 0 Å². The van der Waals surface area contributed by atoms with Crippen LogP contribution in [0.4, 0.5) is 0 Å². The molecule has 0 aromatic carbocycles. The fourth-order valence-corrected chi connectivity index (χ4v) is 1.65. The summed E-state index contributed by atoms with van der Waals surface area (Å²) in [5, 5.41) is 3.37. The zero-order valence-corrected chi connectivity index (χ0v) is 12.3. The van der Waals surface area contributed by atoms with Crippen LogP contribution in [-0.4, -0.2) is 53.9 Å². The van der Waals surface area contributed by atoms with Crippen LogP contribution in [0.15, 0.2) is 0 Å². The van der Waals surface area contributed by atoms with Crippen LogP contribution in [0.1, 0.15) is 20.3 Å². The van der Waals surface area contributed by atoms with Gasteiger partial charge in [-0.1, -0.05) is 6.04 Å². The van der Waals surface area contributed by atoms with E-state index in [0.29, 0.717) is 0 Å². The molecule has 0 amide bonds. The highest BCUT2D eigenvalue weighted by molar-refractivity contribution is 6.08. The summed E-state index contributed by atoms with van der Waals surface area (Å²) in [7, 11) is 3.54. The Labute approximate surface area is 91.8 Å². The third-order valence-electron chi connectivity index (χ3n) is 2.76. The van der Waals surface area contributed by atoms with Crippen LogP contribution in [0, 0.1) is 0 Å². The van der Waals surface area contributed by atoms with Gasteiger partial charge >= 0.3 is 0 Å². The molecular formula is C10H27N3Si. The Kier molecular flexibility index (Phi) is 7.45. The monoisotopic (exact) mass is 217 g/mol. The zero-order chi connectivity index (χ0) is 11.0. The highest BCUT2D eigenvalue weighted by Crippen LogP contribution is 2.11. The second-order valence-electron chi connectivity index (χ2n) is 4.55. The van der Waals surface area contributed by atoms with E-state index in [2.05, 4.69) is 31.1 Å². The summed E-state index contributed by atoms with van der Waals surface area (Å²) in [6.45, 7) is 8.42. The number of rotatable bonds is 8. The predicted molar refractivity (Wildman–Crippen MR) is 68.0 cm³/mol. The molecule has 0 aromatic heterocycles. The van der Waals surface area contributed by atoms with Crippen LogP contribution in [0.5, 0.6) is 0 Å². The van der Waals surface area contributed by atoms with Crippen LogP contribution in [0.2, 0.25) is 6.04 Å². The number of likely N-dealkylation sites (N-methyl/N-ethyl adjacent to an activating group) is 1. The van der Waals surface area contributed by atoms with Crippen molar-refractivity contribution < 1.29 is 0 Å². The second kappa shape index (κ2) is 7.40. The smallest absolute Gasteiger partial charge is 0.0274 e. The van der Waals surface area contributed by atoms with E-state index in [-0.39, 0.29) is 5.54 Å². The van der Waals surface area contributed by atoms with E-state index in [0.717, 1.165) is 19.6 Å². The molecule has 0 saturated carbocycles. The Hall–Kier alpha value is 0.0969. The molecule has 3 N–H and O–H groups in total. The largest absolute Gasteiger partial charge is 0.329 e. The summed E-state index contributed by atoms with van der Waals surface area (Å²) >= 11 is 0. The van der Waals surface area contributed by atoms with E-state index in [1.165, 1.54) is 29.3 Å². The molecule has 0 bridgehead atoms. The van der Waals surface area contributed by atoms with E-state index >= 15 is 0 Å². The van der Waals surface area contributed by atoms with Crippen LogP contribution < -0.4 is 11.1 Å². The molecule has 0 radical (unpaired) electrons. The standard InChI is InChI=1S/C10H27N3Si/c1-10(2,9-12-6-5-11)13(3)7-4-8-14/h12H,4-9,11H2,1-3,14H3. The molecule has 14 heavy (non-hydrogen) atoms. The Bertz CT molecular complexity index is 139. The van der Waals surface area contributed by atoms with E-state index in [9.17, 15) is 0 Å². The molecule has 0 aliphatic rings. The lowest BCUT2D eigenvalue weighted by Gasteiger charge is -2.36. The summed E-state index contributed by atoms with van der Waals surface area (Å²) in [6.07, 6.45) is 1.34. The zero-order valence-electron chi connectivity index (χ0n) is 10.3. The molecule has 0 rings (SSSR count). The summed E-state index contributed by atoms with van der Waals surface area (Å²) in [6, 6.07) is 1.40. The van der Waals surface area contributed by atoms with Gasteiger partial charge in [-0.3, -0.25) is 4.90 Å². The molecule has 3 nitrogen and oxygen atoms in total. The molecule has 0 aliphatic heterocycles. The first-order valence-electron chi connectivity index (χ1n) is 5.66. The van der Waals surface area contributed by atoms with Crippen LogP contribution in [0.25, 0.3) is 0 Å². The summed E-state index contributed by atoms with van der Waals surface area (Å²) in [5.41, 5.74) is 5.68. The summed E-state index contributed by atoms with van der Waals surface area (Å²) in [4.78, 5) is 2.44. The van der Waals surface area contributed by atoms with Crippen molar-refractivity contribution in [2.24, 2.45) is 5.73 Å². The number of hydrogen-bond acceptors (Lipinski definition) is 3. The number of nitrogens with two attached hydrogens (primary N) is 1. The average molecular weight is 217 g/mol. The quantitative estimate of drug-likeness (QED) is 0.422. The van der Waals surface area contributed by atoms with Crippen LogP contribution >= 0.6 is 0 Å². The lowest BCUT2D eigenvalue weighted by Crippen LogP contribution is -2.49. The SMILES string of the molecule is CN(CCC[SiH3])C(C)(C)CNCCN. The topological polar surface area (TPSA) is 41.3 Å². The fourth-order valence-electron chi connectivity index (χ4n) is 1.33. The summed E-state index contributed by atoms with van der Waals surface area (Å²) < 4.78 is 0. The molecule has 0 aliphatic carbocycles. The third kappa shape index (κ3) is 5.75. The minimum Gasteiger partial charge on any atom is -0.329 e. The van der Waals surface area contributed by atoms with Crippen molar-refractivity contribution in [2.75, 3.05) is 33.2 Å². The maximum atomic E-state index is 5.44. The lowest BCUT2D eigenvalue weighted by molar-refractivity contribution is 0.154. The van der Waals surface area contributed by atoms with E-state index in [1.54, 1.807) is 0 Å². The third-order valence-corrected chi connectivity index (χ3v) is 3.47. The highest BCUT2D eigenvalue weighted by atomic mass is 28.1. The van der Waals surface area contributed by atoms with Crippen molar-refractivity contribution in [3.63, 3.8) is 0 Å². The van der Waals surface area contributed by atoms with E-state index in [1.807, 2.05) is 0 Å². The number of nitrogens with zero attached hydrogens (tertiary/aromatic N) is 1. The fraction of sp³-hybridized carbons (Fsp3) is 1.00. The molecule has 4 heteroatoms. The van der Waals surface area contributed by atoms with Crippen molar-refractivity contribution in [2.45, 2.75) is 31.9 Å². The van der Waals surface area contributed by atoms with Gasteiger partial charge in [0.15, 0.2) is 0 Å². The molecule has 0 atom stereocenters. The van der Waals surface area contributed by atoms with Gasteiger partial charge in [-0.05, 0) is 33.9 Å². The summed E-state index contributed by atoms with van der Waals surface area (Å²) in [5.74, 6) is 0. The molecule has 0 fully saturated rings. The van der Waals surface area contributed by atoms with Crippen molar-refractivity contribution in [1.82, 2.24) is 10.2 Å². The van der Waals surface area contributed by atoms with Crippen LogP contribution in [0.3, 0.4) is 0 Å². The minimum atomic E-state index is 0.242. The average Bonchev–Trinajstić information content (AvgIpc) is 2.14. The van der Waals surface area contributed by atoms with Gasteiger partial charge in [0.25, 0.3) is 0 Å². The Morgan fingerprint density at radius 1 is 1.43 bits per heavy atom. The molecule has 0 spiro atoms. The van der Waals surface area contributed by atoms with Crippen molar-refractivity contribution >= 4 is 10.2 Å². The molecule has 0 saturated heterocycles. The van der Waals surface area contributed by atoms with Gasteiger partial charge in [0, 0.05) is 35.4 Å². The molecule has 0 heterocycles. The van der Waals surface area contributed by atoms with Gasteiger partial charge in [0.2, 0.25) is 0 Å². The molecule has 0 aromatic rings. The van der Waals surface area contributed by atoms with Gasteiger partial charge < -0.3 is 11.1 Å². The van der Waals surface area contributed by atoms with Gasteiger partial charge in [-0.15, -0.1) is 0 Å². The van der Waals surface area contributed by atoms with Crippen molar-refractivity contribution in [3.8, 4) is 0 Å². The first-order valence-corrected chi connectivity index (χ1v) is 7.08. The van der Waals surface area contributed by atoms with Gasteiger partial charge in [0.1, 0.15) is 0 Å². The highest BCUT2D eigenvalue weighted by Gasteiger charge is 2.21. The first kappa shape index (κ1) is 14.1. The van der Waals surface area contributed by atoms with Gasteiger partial charge in [-0.2, -0.15) is 0 Å².